The Balaban J connectivity index is 2.49. The molecule has 0 nitrogen and oxygen atoms in total. The third kappa shape index (κ3) is 0.935. The summed E-state index contributed by atoms with van der Waals surface area (Å²) in [5, 5.41) is 0. The predicted octanol–water partition coefficient (Wildman–Crippen LogP) is 2.35. The van der Waals surface area contributed by atoms with E-state index in [-0.39, 0.29) is 0 Å². The molecule has 0 spiro atoms. The fourth-order valence-electron chi connectivity index (χ4n) is 1.73. The molecule has 1 aliphatic carbocycles. The average molecular weight is 142 g/mol. The lowest BCUT2D eigenvalue weighted by molar-refractivity contribution is 0.837. The Kier molecular flexibility index (Phi) is 1.43. The molecule has 0 fully saturated rings. The van der Waals surface area contributed by atoms with Gasteiger partial charge in [-0.05, 0) is 24.0 Å². The van der Waals surface area contributed by atoms with Crippen LogP contribution in [-0.4, -0.2) is 0 Å². The largest absolute Gasteiger partial charge is 0.119 e. The van der Waals surface area contributed by atoms with Crippen LogP contribution in [0.4, 0.5) is 0 Å². The highest BCUT2D eigenvalue weighted by Crippen LogP contribution is 2.31. The molecule has 1 aliphatic rings. The Morgan fingerprint density at radius 1 is 1.36 bits per heavy atom. The predicted molar refractivity (Wildman–Crippen MR) is 46.3 cm³/mol. The topological polar surface area (TPSA) is 0 Å². The molecule has 0 heterocycles. The van der Waals surface area contributed by atoms with Gasteiger partial charge in [-0.25, -0.2) is 0 Å². The van der Waals surface area contributed by atoms with Crippen molar-refractivity contribution in [3.8, 4) is 12.3 Å². The molecule has 0 N–H and O–H groups in total. The van der Waals surface area contributed by atoms with Crippen molar-refractivity contribution in [3.05, 3.63) is 35.4 Å². The van der Waals surface area contributed by atoms with Crippen LogP contribution in [0.1, 0.15) is 23.5 Å². The van der Waals surface area contributed by atoms with Gasteiger partial charge in [0.15, 0.2) is 0 Å². The number of aryl methyl sites for hydroxylation is 1. The van der Waals surface area contributed by atoms with Crippen molar-refractivity contribution < 1.29 is 0 Å². The van der Waals surface area contributed by atoms with Crippen molar-refractivity contribution in [2.24, 2.45) is 0 Å². The van der Waals surface area contributed by atoms with E-state index in [4.69, 9.17) is 6.42 Å². The first-order chi connectivity index (χ1) is 5.42. The Bertz CT molecular complexity index is 304. The zero-order valence-corrected chi connectivity index (χ0v) is 6.38. The van der Waals surface area contributed by atoms with Crippen LogP contribution in [0.3, 0.4) is 0 Å². The van der Waals surface area contributed by atoms with Gasteiger partial charge in [0, 0.05) is 5.92 Å². The van der Waals surface area contributed by atoms with Gasteiger partial charge in [-0.15, -0.1) is 6.42 Å². The molecule has 0 saturated heterocycles. The minimum Gasteiger partial charge on any atom is -0.119 e. The Hall–Kier alpha value is -1.22. The standard InChI is InChI=1S/C11H10/c1-2-9-7-8-10-5-3-4-6-11(9)10/h1,3-6,9H,7-8H2/t9-/m0/s1. The summed E-state index contributed by atoms with van der Waals surface area (Å²) in [5.41, 5.74) is 2.81. The van der Waals surface area contributed by atoms with Gasteiger partial charge < -0.3 is 0 Å². The van der Waals surface area contributed by atoms with Gasteiger partial charge in [0.1, 0.15) is 0 Å². The third-order valence-corrected chi connectivity index (χ3v) is 2.33. The molecule has 54 valence electrons. The average Bonchev–Trinajstić information content (AvgIpc) is 2.47. The molecule has 2 rings (SSSR count). The lowest BCUT2D eigenvalue weighted by Crippen LogP contribution is -1.86. The molecule has 0 saturated carbocycles. The van der Waals surface area contributed by atoms with Crippen molar-refractivity contribution in [2.45, 2.75) is 18.8 Å². The molecule has 0 unspecified atom stereocenters. The molecular weight excluding hydrogens is 132 g/mol. The summed E-state index contributed by atoms with van der Waals surface area (Å²) in [7, 11) is 0. The summed E-state index contributed by atoms with van der Waals surface area (Å²) in [5.74, 6) is 3.20. The van der Waals surface area contributed by atoms with Crippen LogP contribution in [-0.2, 0) is 6.42 Å². The molecule has 1 atom stereocenters. The van der Waals surface area contributed by atoms with E-state index in [1.54, 1.807) is 0 Å². The van der Waals surface area contributed by atoms with Crippen molar-refractivity contribution >= 4 is 0 Å². The molecule has 1 aromatic carbocycles. The van der Waals surface area contributed by atoms with E-state index >= 15 is 0 Å². The number of benzene rings is 1. The maximum atomic E-state index is 5.40. The molecule has 1 aromatic rings. The quantitative estimate of drug-likeness (QED) is 0.488. The monoisotopic (exact) mass is 142 g/mol. The van der Waals surface area contributed by atoms with Crippen LogP contribution in [0, 0.1) is 12.3 Å². The highest BCUT2D eigenvalue weighted by Gasteiger charge is 2.18. The fourth-order valence-corrected chi connectivity index (χ4v) is 1.73. The van der Waals surface area contributed by atoms with E-state index in [1.807, 2.05) is 0 Å². The zero-order valence-electron chi connectivity index (χ0n) is 6.38. The van der Waals surface area contributed by atoms with Gasteiger partial charge in [-0.3, -0.25) is 0 Å². The number of hydrogen-bond donors (Lipinski definition) is 0. The van der Waals surface area contributed by atoms with Gasteiger partial charge >= 0.3 is 0 Å². The highest BCUT2D eigenvalue weighted by molar-refractivity contribution is 5.39. The van der Waals surface area contributed by atoms with E-state index in [9.17, 15) is 0 Å². The maximum Gasteiger partial charge on any atom is 0.0455 e. The molecule has 0 aromatic heterocycles. The van der Waals surface area contributed by atoms with E-state index < -0.39 is 0 Å². The first-order valence-electron chi connectivity index (χ1n) is 3.96. The van der Waals surface area contributed by atoms with Gasteiger partial charge in [0.2, 0.25) is 0 Å². The first kappa shape index (κ1) is 6.49. The lowest BCUT2D eigenvalue weighted by Gasteiger charge is -2.00. The van der Waals surface area contributed by atoms with Crippen LogP contribution >= 0.6 is 0 Å². The molecule has 0 heteroatoms. The summed E-state index contributed by atoms with van der Waals surface area (Å²) in [6.07, 6.45) is 7.69. The molecule has 0 aliphatic heterocycles. The molecule has 0 radical (unpaired) electrons. The number of hydrogen-bond acceptors (Lipinski definition) is 0. The molecule has 0 amide bonds. The number of terminal acetylenes is 1. The second-order valence-electron chi connectivity index (χ2n) is 2.96. The fraction of sp³-hybridized carbons (Fsp3) is 0.273. The lowest BCUT2D eigenvalue weighted by atomic mass is 10.0. The summed E-state index contributed by atoms with van der Waals surface area (Å²) >= 11 is 0. The van der Waals surface area contributed by atoms with Crippen LogP contribution in [0.15, 0.2) is 24.3 Å². The molecule has 11 heavy (non-hydrogen) atoms. The SMILES string of the molecule is C#C[C@H]1CCc2ccccc21. The van der Waals surface area contributed by atoms with E-state index in [0.29, 0.717) is 5.92 Å². The minimum atomic E-state index is 0.381. The van der Waals surface area contributed by atoms with Crippen LogP contribution in [0.2, 0.25) is 0 Å². The Morgan fingerprint density at radius 2 is 2.18 bits per heavy atom. The minimum absolute atomic E-state index is 0.381. The van der Waals surface area contributed by atoms with Crippen molar-refractivity contribution in [2.75, 3.05) is 0 Å². The van der Waals surface area contributed by atoms with Crippen LogP contribution in [0.25, 0.3) is 0 Å². The van der Waals surface area contributed by atoms with E-state index in [0.717, 1.165) is 12.8 Å². The Labute approximate surface area is 67.2 Å². The second kappa shape index (κ2) is 2.43. The van der Waals surface area contributed by atoms with Crippen molar-refractivity contribution in [1.82, 2.24) is 0 Å². The van der Waals surface area contributed by atoms with E-state index in [1.165, 1.54) is 11.1 Å². The van der Waals surface area contributed by atoms with Gasteiger partial charge in [0.25, 0.3) is 0 Å². The van der Waals surface area contributed by atoms with Gasteiger partial charge in [-0.2, -0.15) is 0 Å². The maximum absolute atomic E-state index is 5.40. The zero-order chi connectivity index (χ0) is 7.68. The Morgan fingerprint density at radius 3 is 3.00 bits per heavy atom. The van der Waals surface area contributed by atoms with Gasteiger partial charge in [-0.1, -0.05) is 30.2 Å². The molecular formula is C11H10. The summed E-state index contributed by atoms with van der Waals surface area (Å²) in [6.45, 7) is 0. The summed E-state index contributed by atoms with van der Waals surface area (Å²) in [4.78, 5) is 0. The van der Waals surface area contributed by atoms with E-state index in [2.05, 4.69) is 30.2 Å². The smallest absolute Gasteiger partial charge is 0.0455 e. The normalized spacial score (nSPS) is 20.8. The third-order valence-electron chi connectivity index (χ3n) is 2.33. The number of fused-ring (bicyclic) bond motifs is 1. The van der Waals surface area contributed by atoms with Gasteiger partial charge in [0.05, 0.1) is 0 Å². The summed E-state index contributed by atoms with van der Waals surface area (Å²) in [6, 6.07) is 8.46. The highest BCUT2D eigenvalue weighted by atomic mass is 14.2. The first-order valence-corrected chi connectivity index (χ1v) is 3.96. The second-order valence-corrected chi connectivity index (χ2v) is 2.96. The van der Waals surface area contributed by atoms with Crippen LogP contribution in [0.5, 0.6) is 0 Å². The molecule has 0 bridgehead atoms. The van der Waals surface area contributed by atoms with Crippen molar-refractivity contribution in [3.63, 3.8) is 0 Å². The summed E-state index contributed by atoms with van der Waals surface area (Å²) < 4.78 is 0. The van der Waals surface area contributed by atoms with Crippen molar-refractivity contribution in [1.29, 1.82) is 0 Å². The number of rotatable bonds is 0. The van der Waals surface area contributed by atoms with Crippen LogP contribution < -0.4 is 0 Å².